The van der Waals surface area contributed by atoms with Crippen LogP contribution in [-0.4, -0.2) is 31.7 Å². The number of benzene rings is 2. The summed E-state index contributed by atoms with van der Waals surface area (Å²) in [7, 11) is -3.80. The Balaban J connectivity index is 1.76. The van der Waals surface area contributed by atoms with Gasteiger partial charge in [0.05, 0.1) is 4.90 Å². The number of aryl methyl sites for hydroxylation is 2. The van der Waals surface area contributed by atoms with Crippen LogP contribution >= 0.6 is 11.6 Å². The molecule has 1 unspecified atom stereocenters. The van der Waals surface area contributed by atoms with Crippen LogP contribution in [0.15, 0.2) is 47.4 Å². The van der Waals surface area contributed by atoms with Crippen LogP contribution in [-0.2, 0) is 27.7 Å². The molecule has 0 bridgehead atoms. The highest BCUT2D eigenvalue weighted by atomic mass is 35.5. The van der Waals surface area contributed by atoms with E-state index in [1.54, 1.807) is 36.4 Å². The van der Waals surface area contributed by atoms with Gasteiger partial charge < -0.3 is 5.32 Å². The van der Waals surface area contributed by atoms with E-state index in [9.17, 15) is 13.2 Å². The summed E-state index contributed by atoms with van der Waals surface area (Å²) in [5, 5.41) is 3.23. The SMILES string of the molecule is O=C1NCCN(S(=O)(=O)c2ccc3c(c2)CCC3)C1c1cccc(Cl)c1. The Bertz CT molecular complexity index is 974. The highest BCUT2D eigenvalue weighted by Crippen LogP contribution is 2.32. The molecule has 1 saturated heterocycles. The molecule has 1 aliphatic heterocycles. The second-order valence-corrected chi connectivity index (χ2v) is 8.98. The highest BCUT2D eigenvalue weighted by Gasteiger charge is 2.39. The third-order valence-electron chi connectivity index (χ3n) is 5.01. The maximum atomic E-state index is 13.3. The molecule has 1 atom stereocenters. The summed E-state index contributed by atoms with van der Waals surface area (Å²) in [6.07, 6.45) is 2.94. The van der Waals surface area contributed by atoms with Gasteiger partial charge >= 0.3 is 0 Å². The van der Waals surface area contributed by atoms with E-state index in [-0.39, 0.29) is 17.3 Å². The quantitative estimate of drug-likeness (QED) is 0.876. The topological polar surface area (TPSA) is 66.5 Å². The molecule has 2 aliphatic rings. The lowest BCUT2D eigenvalue weighted by atomic mass is 10.0. The van der Waals surface area contributed by atoms with Gasteiger partial charge in [-0.1, -0.05) is 29.8 Å². The number of hydrogen-bond acceptors (Lipinski definition) is 3. The minimum Gasteiger partial charge on any atom is -0.353 e. The van der Waals surface area contributed by atoms with Crippen molar-refractivity contribution in [3.8, 4) is 0 Å². The Labute approximate surface area is 158 Å². The lowest BCUT2D eigenvalue weighted by molar-refractivity contribution is -0.126. The van der Waals surface area contributed by atoms with Gasteiger partial charge in [-0.05, 0) is 60.2 Å². The van der Waals surface area contributed by atoms with E-state index in [1.165, 1.54) is 9.87 Å². The first-order valence-corrected chi connectivity index (χ1v) is 10.5. The maximum Gasteiger partial charge on any atom is 0.244 e. The molecule has 4 rings (SSSR count). The third-order valence-corrected chi connectivity index (χ3v) is 7.10. The van der Waals surface area contributed by atoms with Gasteiger partial charge in [0.25, 0.3) is 0 Å². The fourth-order valence-corrected chi connectivity index (χ4v) is 5.57. The zero-order chi connectivity index (χ0) is 18.3. The summed E-state index contributed by atoms with van der Waals surface area (Å²) in [6.45, 7) is 0.516. The third kappa shape index (κ3) is 3.02. The number of amides is 1. The zero-order valence-corrected chi connectivity index (χ0v) is 15.7. The highest BCUT2D eigenvalue weighted by molar-refractivity contribution is 7.89. The Hall–Kier alpha value is -1.89. The smallest absolute Gasteiger partial charge is 0.244 e. The van der Waals surface area contributed by atoms with E-state index in [2.05, 4.69) is 5.32 Å². The summed E-state index contributed by atoms with van der Waals surface area (Å²) < 4.78 is 27.9. The predicted octanol–water partition coefficient (Wildman–Crippen LogP) is 2.69. The second-order valence-electron chi connectivity index (χ2n) is 6.65. The number of carbonyl (C=O) groups is 1. The lowest BCUT2D eigenvalue weighted by Gasteiger charge is -2.34. The van der Waals surface area contributed by atoms with Gasteiger partial charge in [0.2, 0.25) is 15.9 Å². The van der Waals surface area contributed by atoms with Crippen molar-refractivity contribution in [1.82, 2.24) is 9.62 Å². The summed E-state index contributed by atoms with van der Waals surface area (Å²) in [6, 6.07) is 11.2. The molecule has 0 radical (unpaired) electrons. The zero-order valence-electron chi connectivity index (χ0n) is 14.1. The number of rotatable bonds is 3. The Morgan fingerprint density at radius 1 is 1.08 bits per heavy atom. The van der Waals surface area contributed by atoms with Crippen molar-refractivity contribution < 1.29 is 13.2 Å². The largest absolute Gasteiger partial charge is 0.353 e. The molecule has 5 nitrogen and oxygen atoms in total. The standard InChI is InChI=1S/C19H19ClN2O3S/c20-16-6-2-5-15(11-16)18-19(23)21-9-10-22(18)26(24,25)17-8-7-13-3-1-4-14(13)12-17/h2,5-8,11-12,18H,1,3-4,9-10H2,(H,21,23). The van der Waals surface area contributed by atoms with Gasteiger partial charge in [-0.2, -0.15) is 4.31 Å². The van der Waals surface area contributed by atoms with Crippen molar-refractivity contribution in [1.29, 1.82) is 0 Å². The maximum absolute atomic E-state index is 13.3. The summed E-state index contributed by atoms with van der Waals surface area (Å²) >= 11 is 6.06. The lowest BCUT2D eigenvalue weighted by Crippen LogP contribution is -2.52. The van der Waals surface area contributed by atoms with Gasteiger partial charge in [-0.25, -0.2) is 8.42 Å². The van der Waals surface area contributed by atoms with Crippen molar-refractivity contribution in [3.63, 3.8) is 0 Å². The molecule has 0 spiro atoms. The number of hydrogen-bond donors (Lipinski definition) is 1. The van der Waals surface area contributed by atoms with Crippen molar-refractivity contribution in [3.05, 3.63) is 64.2 Å². The molecule has 0 saturated carbocycles. The van der Waals surface area contributed by atoms with Crippen LogP contribution in [0.25, 0.3) is 0 Å². The van der Waals surface area contributed by atoms with Crippen LogP contribution in [0.1, 0.15) is 29.2 Å². The molecular formula is C19H19ClN2O3S. The molecule has 136 valence electrons. The molecule has 1 amide bonds. The molecule has 2 aromatic rings. The number of fused-ring (bicyclic) bond motifs is 1. The molecule has 0 aromatic heterocycles. The molecule has 1 fully saturated rings. The molecule has 1 heterocycles. The summed E-state index contributed by atoms with van der Waals surface area (Å²) in [4.78, 5) is 12.8. The van der Waals surface area contributed by atoms with E-state index in [4.69, 9.17) is 11.6 Å². The van der Waals surface area contributed by atoms with E-state index in [0.29, 0.717) is 17.1 Å². The first-order chi connectivity index (χ1) is 12.5. The van der Waals surface area contributed by atoms with E-state index < -0.39 is 16.1 Å². The average Bonchev–Trinajstić information content (AvgIpc) is 3.09. The molecule has 1 N–H and O–H groups in total. The van der Waals surface area contributed by atoms with Crippen LogP contribution < -0.4 is 5.32 Å². The molecule has 7 heteroatoms. The van der Waals surface area contributed by atoms with Crippen molar-refractivity contribution in [2.24, 2.45) is 0 Å². The summed E-state index contributed by atoms with van der Waals surface area (Å²) in [5.41, 5.74) is 2.87. The fraction of sp³-hybridized carbons (Fsp3) is 0.316. The number of carbonyl (C=O) groups excluding carboxylic acids is 1. The summed E-state index contributed by atoms with van der Waals surface area (Å²) in [5.74, 6) is -0.330. The molecule has 1 aliphatic carbocycles. The minimum absolute atomic E-state index is 0.225. The van der Waals surface area contributed by atoms with Crippen LogP contribution in [0, 0.1) is 0 Å². The van der Waals surface area contributed by atoms with Crippen molar-refractivity contribution >= 4 is 27.5 Å². The number of nitrogens with zero attached hydrogens (tertiary/aromatic N) is 1. The molecule has 2 aromatic carbocycles. The van der Waals surface area contributed by atoms with Crippen LogP contribution in [0.4, 0.5) is 0 Å². The Kier molecular flexibility index (Phi) is 4.50. The van der Waals surface area contributed by atoms with Crippen LogP contribution in [0.5, 0.6) is 0 Å². The number of halogens is 1. The Morgan fingerprint density at radius 3 is 2.69 bits per heavy atom. The fourth-order valence-electron chi connectivity index (χ4n) is 3.74. The predicted molar refractivity (Wildman–Crippen MR) is 99.6 cm³/mol. The van der Waals surface area contributed by atoms with Gasteiger partial charge in [0, 0.05) is 18.1 Å². The monoisotopic (exact) mass is 390 g/mol. The Morgan fingerprint density at radius 2 is 1.88 bits per heavy atom. The van der Waals surface area contributed by atoms with Gasteiger partial charge in [-0.15, -0.1) is 0 Å². The second kappa shape index (κ2) is 6.68. The van der Waals surface area contributed by atoms with Gasteiger partial charge in [0.15, 0.2) is 0 Å². The number of sulfonamides is 1. The first-order valence-electron chi connectivity index (χ1n) is 8.63. The number of piperazine rings is 1. The van der Waals surface area contributed by atoms with Crippen molar-refractivity contribution in [2.75, 3.05) is 13.1 Å². The van der Waals surface area contributed by atoms with E-state index in [1.807, 2.05) is 6.07 Å². The van der Waals surface area contributed by atoms with Crippen LogP contribution in [0.2, 0.25) is 5.02 Å². The van der Waals surface area contributed by atoms with Gasteiger partial charge in [-0.3, -0.25) is 4.79 Å². The average molecular weight is 391 g/mol. The first kappa shape index (κ1) is 17.5. The van der Waals surface area contributed by atoms with Crippen molar-refractivity contribution in [2.45, 2.75) is 30.2 Å². The van der Waals surface area contributed by atoms with E-state index in [0.717, 1.165) is 24.8 Å². The molecule has 26 heavy (non-hydrogen) atoms. The molecular weight excluding hydrogens is 372 g/mol. The number of nitrogens with one attached hydrogen (secondary N) is 1. The van der Waals surface area contributed by atoms with E-state index >= 15 is 0 Å². The minimum atomic E-state index is -3.80. The van der Waals surface area contributed by atoms with Crippen LogP contribution in [0.3, 0.4) is 0 Å². The normalized spacial score (nSPS) is 20.7. The van der Waals surface area contributed by atoms with Gasteiger partial charge in [0.1, 0.15) is 6.04 Å².